The fourth-order valence-corrected chi connectivity index (χ4v) is 2.34. The third kappa shape index (κ3) is 4.11. The van der Waals surface area contributed by atoms with E-state index in [0.29, 0.717) is 11.0 Å². The molecule has 5 heteroatoms. The fraction of sp³-hybridized carbons (Fsp3) is 0.235. The monoisotopic (exact) mass is 316 g/mol. The zero-order chi connectivity index (χ0) is 16.1. The molecule has 0 unspecified atom stereocenters. The van der Waals surface area contributed by atoms with Crippen molar-refractivity contribution in [1.82, 2.24) is 0 Å². The lowest BCUT2D eigenvalue weighted by atomic mass is 10.0. The number of phenolic OH excluding ortho intramolecular Hbond substituents is 1. The molecule has 0 radical (unpaired) electrons. The van der Waals surface area contributed by atoms with Crippen LogP contribution in [0.25, 0.3) is 0 Å². The topological polar surface area (TPSA) is 53.5 Å². The van der Waals surface area contributed by atoms with Gasteiger partial charge in [-0.15, -0.1) is 0 Å². The van der Waals surface area contributed by atoms with Crippen molar-refractivity contribution in [3.63, 3.8) is 0 Å². The second-order valence-corrected chi connectivity index (χ2v) is 5.64. The number of nitrogens with one attached hydrogen (secondary N) is 2. The normalized spacial score (nSPS) is 10.4. The highest BCUT2D eigenvalue weighted by atomic mass is 32.1. The van der Waals surface area contributed by atoms with Gasteiger partial charge in [0.25, 0.3) is 0 Å². The third-order valence-corrected chi connectivity index (χ3v) is 3.46. The van der Waals surface area contributed by atoms with Crippen LogP contribution in [0.4, 0.5) is 11.4 Å². The van der Waals surface area contributed by atoms with Crippen LogP contribution in [0.1, 0.15) is 25.3 Å². The Morgan fingerprint density at radius 3 is 2.36 bits per heavy atom. The van der Waals surface area contributed by atoms with Crippen molar-refractivity contribution in [2.45, 2.75) is 19.8 Å². The Morgan fingerprint density at radius 2 is 1.77 bits per heavy atom. The SMILES string of the molecule is COc1ccc(NC(=S)Nc2cc(O)ccc2C(C)C)cc1. The van der Waals surface area contributed by atoms with E-state index in [4.69, 9.17) is 17.0 Å². The predicted molar refractivity (Wildman–Crippen MR) is 95.0 cm³/mol. The quantitative estimate of drug-likeness (QED) is 0.733. The molecule has 0 spiro atoms. The van der Waals surface area contributed by atoms with Gasteiger partial charge in [0.2, 0.25) is 0 Å². The van der Waals surface area contributed by atoms with Gasteiger partial charge in [-0.3, -0.25) is 0 Å². The van der Waals surface area contributed by atoms with E-state index in [1.165, 1.54) is 0 Å². The summed E-state index contributed by atoms with van der Waals surface area (Å²) in [7, 11) is 1.63. The molecule has 0 bridgehead atoms. The maximum atomic E-state index is 9.66. The molecule has 22 heavy (non-hydrogen) atoms. The van der Waals surface area contributed by atoms with Gasteiger partial charge in [-0.1, -0.05) is 19.9 Å². The minimum atomic E-state index is 0.208. The van der Waals surface area contributed by atoms with Gasteiger partial charge < -0.3 is 20.5 Å². The number of ether oxygens (including phenoxy) is 1. The Morgan fingerprint density at radius 1 is 1.09 bits per heavy atom. The van der Waals surface area contributed by atoms with E-state index in [1.807, 2.05) is 30.3 Å². The number of phenols is 1. The van der Waals surface area contributed by atoms with Crippen molar-refractivity contribution in [1.29, 1.82) is 0 Å². The maximum Gasteiger partial charge on any atom is 0.175 e. The van der Waals surface area contributed by atoms with E-state index in [9.17, 15) is 5.11 Å². The lowest BCUT2D eigenvalue weighted by Gasteiger charge is -2.16. The molecule has 2 aromatic carbocycles. The number of hydrogen-bond acceptors (Lipinski definition) is 3. The highest BCUT2D eigenvalue weighted by Gasteiger charge is 2.09. The predicted octanol–water partition coefficient (Wildman–Crippen LogP) is 4.33. The Hall–Kier alpha value is -2.27. The molecule has 2 aromatic rings. The second kappa shape index (κ2) is 7.13. The Kier molecular flexibility index (Phi) is 5.22. The molecule has 116 valence electrons. The van der Waals surface area contributed by atoms with E-state index < -0.39 is 0 Å². The lowest BCUT2D eigenvalue weighted by molar-refractivity contribution is 0.415. The summed E-state index contributed by atoms with van der Waals surface area (Å²) in [6.07, 6.45) is 0. The number of anilines is 2. The largest absolute Gasteiger partial charge is 0.508 e. The van der Waals surface area contributed by atoms with Crippen LogP contribution in [-0.4, -0.2) is 17.3 Å². The molecule has 0 aromatic heterocycles. The van der Waals surface area contributed by atoms with Gasteiger partial charge in [0.15, 0.2) is 5.11 Å². The number of aromatic hydroxyl groups is 1. The minimum Gasteiger partial charge on any atom is -0.508 e. The number of hydrogen-bond donors (Lipinski definition) is 3. The van der Waals surface area contributed by atoms with Gasteiger partial charge in [-0.2, -0.15) is 0 Å². The Bertz CT molecular complexity index is 654. The van der Waals surface area contributed by atoms with Crippen LogP contribution in [-0.2, 0) is 0 Å². The summed E-state index contributed by atoms with van der Waals surface area (Å²) in [6.45, 7) is 4.19. The zero-order valence-electron chi connectivity index (χ0n) is 12.9. The van der Waals surface area contributed by atoms with Crippen molar-refractivity contribution in [2.24, 2.45) is 0 Å². The lowest BCUT2D eigenvalue weighted by Crippen LogP contribution is -2.20. The molecular weight excluding hydrogens is 296 g/mol. The molecule has 2 rings (SSSR count). The van der Waals surface area contributed by atoms with E-state index >= 15 is 0 Å². The first-order valence-electron chi connectivity index (χ1n) is 7.04. The van der Waals surface area contributed by atoms with Crippen molar-refractivity contribution >= 4 is 28.7 Å². The molecule has 4 nitrogen and oxygen atoms in total. The van der Waals surface area contributed by atoms with Crippen molar-refractivity contribution in [3.8, 4) is 11.5 Å². The fourth-order valence-electron chi connectivity index (χ4n) is 2.11. The van der Waals surface area contributed by atoms with Crippen LogP contribution in [0.2, 0.25) is 0 Å². The summed E-state index contributed by atoms with van der Waals surface area (Å²) >= 11 is 5.33. The van der Waals surface area contributed by atoms with E-state index in [2.05, 4.69) is 24.5 Å². The number of rotatable bonds is 4. The van der Waals surface area contributed by atoms with Crippen LogP contribution >= 0.6 is 12.2 Å². The molecule has 0 atom stereocenters. The Balaban J connectivity index is 2.09. The summed E-state index contributed by atoms with van der Waals surface area (Å²) in [4.78, 5) is 0. The zero-order valence-corrected chi connectivity index (χ0v) is 13.7. The highest BCUT2D eigenvalue weighted by molar-refractivity contribution is 7.80. The van der Waals surface area contributed by atoms with Crippen molar-refractivity contribution in [3.05, 3.63) is 48.0 Å². The molecule has 0 amide bonds. The number of benzene rings is 2. The smallest absolute Gasteiger partial charge is 0.175 e. The van der Waals surface area contributed by atoms with Gasteiger partial charge in [-0.05, 0) is 54.0 Å². The molecule has 0 saturated carbocycles. The van der Waals surface area contributed by atoms with Crippen LogP contribution in [0.3, 0.4) is 0 Å². The first kappa shape index (κ1) is 16.1. The summed E-state index contributed by atoms with van der Waals surface area (Å²) in [5, 5.41) is 16.4. The van der Waals surface area contributed by atoms with Gasteiger partial charge >= 0.3 is 0 Å². The van der Waals surface area contributed by atoms with Gasteiger partial charge in [-0.25, -0.2) is 0 Å². The average Bonchev–Trinajstić information content (AvgIpc) is 2.47. The van der Waals surface area contributed by atoms with Crippen LogP contribution in [0.15, 0.2) is 42.5 Å². The molecule has 3 N–H and O–H groups in total. The molecular formula is C17H20N2O2S. The highest BCUT2D eigenvalue weighted by Crippen LogP contribution is 2.28. The van der Waals surface area contributed by atoms with Gasteiger partial charge in [0, 0.05) is 17.4 Å². The standard InChI is InChI=1S/C17H20N2O2S/c1-11(2)15-9-6-13(20)10-16(15)19-17(22)18-12-4-7-14(21-3)8-5-12/h4-11,20H,1-3H3,(H2,18,19,22). The van der Waals surface area contributed by atoms with Gasteiger partial charge in [0.05, 0.1) is 7.11 Å². The first-order valence-corrected chi connectivity index (χ1v) is 7.45. The first-order chi connectivity index (χ1) is 10.5. The van der Waals surface area contributed by atoms with E-state index in [0.717, 1.165) is 22.7 Å². The molecule has 0 saturated heterocycles. The summed E-state index contributed by atoms with van der Waals surface area (Å²) in [5.74, 6) is 1.32. The van der Waals surface area contributed by atoms with Crippen LogP contribution in [0, 0.1) is 0 Å². The maximum absolute atomic E-state index is 9.66. The number of thiocarbonyl (C=S) groups is 1. The van der Waals surface area contributed by atoms with Crippen molar-refractivity contribution < 1.29 is 9.84 Å². The summed E-state index contributed by atoms with van der Waals surface area (Å²) in [5.41, 5.74) is 2.77. The molecule has 0 aliphatic heterocycles. The molecule has 0 fully saturated rings. The Labute approximate surface area is 136 Å². The molecule has 0 heterocycles. The molecule has 0 aliphatic carbocycles. The summed E-state index contributed by atoms with van der Waals surface area (Å²) < 4.78 is 5.12. The minimum absolute atomic E-state index is 0.208. The van der Waals surface area contributed by atoms with Crippen molar-refractivity contribution in [2.75, 3.05) is 17.7 Å². The van der Waals surface area contributed by atoms with E-state index in [1.54, 1.807) is 19.2 Å². The van der Waals surface area contributed by atoms with Crippen LogP contribution < -0.4 is 15.4 Å². The summed E-state index contributed by atoms with van der Waals surface area (Å²) in [6, 6.07) is 12.8. The van der Waals surface area contributed by atoms with Crippen LogP contribution in [0.5, 0.6) is 11.5 Å². The van der Waals surface area contributed by atoms with Gasteiger partial charge in [0.1, 0.15) is 11.5 Å². The van der Waals surface area contributed by atoms with E-state index in [-0.39, 0.29) is 5.75 Å². The average molecular weight is 316 g/mol. The number of methoxy groups -OCH3 is 1. The molecule has 0 aliphatic rings. The second-order valence-electron chi connectivity index (χ2n) is 5.23. The third-order valence-electron chi connectivity index (χ3n) is 3.25.